The number of benzene rings is 1. The highest BCUT2D eigenvalue weighted by atomic mass is 79.9. The van der Waals surface area contributed by atoms with E-state index in [1.807, 2.05) is 18.4 Å². The van der Waals surface area contributed by atoms with Crippen LogP contribution in [0.1, 0.15) is 27.6 Å². The lowest BCUT2D eigenvalue weighted by atomic mass is 9.99. The first-order valence-corrected chi connectivity index (χ1v) is 7.38. The van der Waals surface area contributed by atoms with Crippen molar-refractivity contribution in [3.63, 3.8) is 0 Å². The van der Waals surface area contributed by atoms with Crippen molar-refractivity contribution >= 4 is 27.3 Å². The maximum Gasteiger partial charge on any atom is 0.416 e. The molecule has 0 amide bonds. The van der Waals surface area contributed by atoms with Gasteiger partial charge in [-0.15, -0.1) is 11.3 Å². The summed E-state index contributed by atoms with van der Waals surface area (Å²) in [6.07, 6.45) is -4.38. The van der Waals surface area contributed by atoms with Crippen LogP contribution >= 0.6 is 27.3 Å². The van der Waals surface area contributed by atoms with Gasteiger partial charge in [0.2, 0.25) is 0 Å². The summed E-state index contributed by atoms with van der Waals surface area (Å²) in [5.74, 6) is 5.53. The van der Waals surface area contributed by atoms with Gasteiger partial charge in [-0.2, -0.15) is 13.2 Å². The van der Waals surface area contributed by atoms with Gasteiger partial charge in [-0.3, -0.25) is 5.84 Å². The fourth-order valence-electron chi connectivity index (χ4n) is 1.92. The van der Waals surface area contributed by atoms with Crippen molar-refractivity contribution < 1.29 is 13.2 Å². The topological polar surface area (TPSA) is 38.0 Å². The molecule has 0 fully saturated rings. The quantitative estimate of drug-likeness (QED) is 0.626. The number of halogens is 4. The molecule has 2 nitrogen and oxygen atoms in total. The molecule has 0 aliphatic carbocycles. The number of hydrazine groups is 1. The highest BCUT2D eigenvalue weighted by Crippen LogP contribution is 2.36. The molecule has 1 unspecified atom stereocenters. The molecule has 0 spiro atoms. The molecule has 1 aromatic heterocycles. The maximum atomic E-state index is 12.8. The monoisotopic (exact) mass is 364 g/mol. The minimum absolute atomic E-state index is 0.458. The molecule has 7 heteroatoms. The van der Waals surface area contributed by atoms with E-state index in [9.17, 15) is 13.2 Å². The Kier molecular flexibility index (Phi) is 4.53. The van der Waals surface area contributed by atoms with Crippen LogP contribution in [0.5, 0.6) is 0 Å². The number of nitrogens with two attached hydrogens (primary N) is 1. The van der Waals surface area contributed by atoms with Crippen molar-refractivity contribution in [1.82, 2.24) is 5.43 Å². The highest BCUT2D eigenvalue weighted by Gasteiger charge is 2.31. The second-order valence-electron chi connectivity index (χ2n) is 4.32. The van der Waals surface area contributed by atoms with Gasteiger partial charge in [-0.25, -0.2) is 5.43 Å². The van der Waals surface area contributed by atoms with Gasteiger partial charge in [0.25, 0.3) is 0 Å². The molecule has 3 N–H and O–H groups in total. The van der Waals surface area contributed by atoms with Crippen molar-refractivity contribution in [3.05, 3.63) is 55.7 Å². The van der Waals surface area contributed by atoms with E-state index in [4.69, 9.17) is 5.84 Å². The summed E-state index contributed by atoms with van der Waals surface area (Å²) in [6, 6.07) is 4.96. The molecule has 0 saturated heterocycles. The number of aryl methyl sites for hydroxylation is 1. The standard InChI is InChI=1S/C13H12BrF3N2S/c1-7-4-8(6-20-7)12(19-18)10-5-9(13(15,16)17)2-3-11(10)14/h2-6,12,19H,18H2,1H3. The Hall–Kier alpha value is -0.890. The average Bonchev–Trinajstić information content (AvgIpc) is 2.77. The van der Waals surface area contributed by atoms with Gasteiger partial charge in [-0.05, 0) is 47.7 Å². The Bertz CT molecular complexity index is 610. The first kappa shape index (κ1) is 15.5. The van der Waals surface area contributed by atoms with E-state index >= 15 is 0 Å². The van der Waals surface area contributed by atoms with E-state index in [-0.39, 0.29) is 0 Å². The normalized spacial score (nSPS) is 13.5. The van der Waals surface area contributed by atoms with Crippen molar-refractivity contribution in [2.24, 2.45) is 5.84 Å². The van der Waals surface area contributed by atoms with Gasteiger partial charge in [0, 0.05) is 9.35 Å². The van der Waals surface area contributed by atoms with Crippen LogP contribution in [0.3, 0.4) is 0 Å². The molecule has 1 heterocycles. The van der Waals surface area contributed by atoms with Gasteiger partial charge >= 0.3 is 6.18 Å². The van der Waals surface area contributed by atoms with Gasteiger partial charge < -0.3 is 0 Å². The molecule has 108 valence electrons. The van der Waals surface area contributed by atoms with Crippen LogP contribution in [0.15, 0.2) is 34.1 Å². The largest absolute Gasteiger partial charge is 0.416 e. The molecule has 1 atom stereocenters. The molecule has 0 bridgehead atoms. The van der Waals surface area contributed by atoms with E-state index in [0.29, 0.717) is 10.0 Å². The third kappa shape index (κ3) is 3.22. The molecule has 0 saturated carbocycles. The molecule has 1 aromatic carbocycles. The van der Waals surface area contributed by atoms with Crippen LogP contribution in [0.2, 0.25) is 0 Å². The van der Waals surface area contributed by atoms with Crippen molar-refractivity contribution in [1.29, 1.82) is 0 Å². The summed E-state index contributed by atoms with van der Waals surface area (Å²) in [7, 11) is 0. The van der Waals surface area contributed by atoms with Crippen LogP contribution in [0.4, 0.5) is 13.2 Å². The second kappa shape index (κ2) is 5.85. The number of alkyl halides is 3. The van der Waals surface area contributed by atoms with E-state index in [1.165, 1.54) is 17.4 Å². The Morgan fingerprint density at radius 1 is 1.30 bits per heavy atom. The van der Waals surface area contributed by atoms with E-state index in [2.05, 4.69) is 21.4 Å². The smallest absolute Gasteiger partial charge is 0.271 e. The fraction of sp³-hybridized carbons (Fsp3) is 0.231. The molecular formula is C13H12BrF3N2S. The number of nitrogens with one attached hydrogen (secondary N) is 1. The van der Waals surface area contributed by atoms with Crippen LogP contribution in [0.25, 0.3) is 0 Å². The Morgan fingerprint density at radius 2 is 2.00 bits per heavy atom. The molecule has 0 radical (unpaired) electrons. The maximum absolute atomic E-state index is 12.8. The summed E-state index contributed by atoms with van der Waals surface area (Å²) >= 11 is 4.81. The third-order valence-corrected chi connectivity index (χ3v) is 4.49. The zero-order valence-electron chi connectivity index (χ0n) is 10.5. The molecule has 2 rings (SSSR count). The number of rotatable bonds is 3. The van der Waals surface area contributed by atoms with Gasteiger partial charge in [0.05, 0.1) is 11.6 Å². The third-order valence-electron chi connectivity index (χ3n) is 2.89. The number of hydrogen-bond acceptors (Lipinski definition) is 3. The summed E-state index contributed by atoms with van der Waals surface area (Å²) in [4.78, 5) is 1.07. The lowest BCUT2D eigenvalue weighted by Gasteiger charge is -2.18. The molecule has 2 aromatic rings. The first-order valence-electron chi connectivity index (χ1n) is 5.70. The van der Waals surface area contributed by atoms with E-state index in [1.54, 1.807) is 0 Å². The highest BCUT2D eigenvalue weighted by molar-refractivity contribution is 9.10. The lowest BCUT2D eigenvalue weighted by molar-refractivity contribution is -0.137. The van der Waals surface area contributed by atoms with Gasteiger partial charge in [0.15, 0.2) is 0 Å². The molecule has 0 aliphatic heterocycles. The summed E-state index contributed by atoms with van der Waals surface area (Å²) in [6.45, 7) is 1.93. The summed E-state index contributed by atoms with van der Waals surface area (Å²) in [5, 5.41) is 1.88. The van der Waals surface area contributed by atoms with Crippen LogP contribution in [-0.2, 0) is 6.18 Å². The molecule has 20 heavy (non-hydrogen) atoms. The Labute approximate surface area is 126 Å². The Morgan fingerprint density at radius 3 is 2.50 bits per heavy atom. The number of hydrogen-bond donors (Lipinski definition) is 2. The fourth-order valence-corrected chi connectivity index (χ4v) is 3.13. The Balaban J connectivity index is 2.49. The van der Waals surface area contributed by atoms with Crippen molar-refractivity contribution in [3.8, 4) is 0 Å². The van der Waals surface area contributed by atoms with Crippen LogP contribution < -0.4 is 11.3 Å². The SMILES string of the molecule is Cc1cc(C(NN)c2cc(C(F)(F)F)ccc2Br)cs1. The molecular weight excluding hydrogens is 353 g/mol. The summed E-state index contributed by atoms with van der Waals surface area (Å²) in [5.41, 5.74) is 3.19. The van der Waals surface area contributed by atoms with E-state index in [0.717, 1.165) is 22.6 Å². The van der Waals surface area contributed by atoms with Crippen molar-refractivity contribution in [2.45, 2.75) is 19.1 Å². The summed E-state index contributed by atoms with van der Waals surface area (Å²) < 4.78 is 39.0. The zero-order valence-corrected chi connectivity index (χ0v) is 12.9. The van der Waals surface area contributed by atoms with E-state index < -0.39 is 17.8 Å². The average molecular weight is 365 g/mol. The first-order chi connectivity index (χ1) is 9.32. The van der Waals surface area contributed by atoms with Crippen molar-refractivity contribution in [2.75, 3.05) is 0 Å². The van der Waals surface area contributed by atoms with Crippen LogP contribution in [-0.4, -0.2) is 0 Å². The van der Waals surface area contributed by atoms with Gasteiger partial charge in [-0.1, -0.05) is 15.9 Å². The second-order valence-corrected chi connectivity index (χ2v) is 6.29. The minimum atomic E-state index is -4.38. The number of thiophene rings is 1. The molecule has 0 aliphatic rings. The lowest BCUT2D eigenvalue weighted by Crippen LogP contribution is -2.29. The zero-order chi connectivity index (χ0) is 14.9. The van der Waals surface area contributed by atoms with Crippen LogP contribution in [0, 0.1) is 6.92 Å². The minimum Gasteiger partial charge on any atom is -0.271 e. The predicted octanol–water partition coefficient (Wildman–Crippen LogP) is 4.39. The van der Waals surface area contributed by atoms with Gasteiger partial charge in [0.1, 0.15) is 0 Å². The predicted molar refractivity (Wildman–Crippen MR) is 77.4 cm³/mol.